The van der Waals surface area contributed by atoms with Gasteiger partial charge in [-0.25, -0.2) is 4.68 Å². The van der Waals surface area contributed by atoms with E-state index in [0.29, 0.717) is 21.5 Å². The van der Waals surface area contributed by atoms with E-state index in [4.69, 9.17) is 23.2 Å². The molecule has 3 unspecified atom stereocenters. The molecule has 1 aliphatic carbocycles. The molecule has 7 heteroatoms. The number of benzene rings is 2. The number of aromatic nitrogens is 2. The number of likely N-dealkylation sites (N-methyl/N-ethyl adjacent to an activating group) is 1. The summed E-state index contributed by atoms with van der Waals surface area (Å²) in [5.74, 6) is 1.20. The van der Waals surface area contributed by atoms with E-state index in [1.807, 2.05) is 60.0 Å². The van der Waals surface area contributed by atoms with Gasteiger partial charge in [0, 0.05) is 30.8 Å². The number of hydrogen-bond donors (Lipinski definition) is 1. The quantitative estimate of drug-likeness (QED) is 0.568. The summed E-state index contributed by atoms with van der Waals surface area (Å²) in [4.78, 5) is 15.6. The van der Waals surface area contributed by atoms with Crippen LogP contribution in [0.4, 0.5) is 5.82 Å². The van der Waals surface area contributed by atoms with Crippen molar-refractivity contribution in [3.05, 3.63) is 93.2 Å². The van der Waals surface area contributed by atoms with Crippen molar-refractivity contribution in [2.75, 3.05) is 12.4 Å². The smallest absolute Gasteiger partial charge is 0.254 e. The summed E-state index contributed by atoms with van der Waals surface area (Å²) in [5, 5.41) is 8.75. The van der Waals surface area contributed by atoms with Gasteiger partial charge in [0.05, 0.1) is 21.8 Å². The first-order valence-electron chi connectivity index (χ1n) is 10.2. The SMILES string of the molecule is CC1=C(C(=O)N(C)C2CC2c2ccccc2)C(c2ccc(Cl)c(Cl)c2)n2nccc2N1. The van der Waals surface area contributed by atoms with Gasteiger partial charge >= 0.3 is 0 Å². The number of fused-ring (bicyclic) bond motifs is 1. The number of amides is 1. The van der Waals surface area contributed by atoms with E-state index in [1.165, 1.54) is 5.56 Å². The number of carbonyl (C=O) groups is 1. The van der Waals surface area contributed by atoms with E-state index in [1.54, 1.807) is 12.3 Å². The standard InChI is InChI=1S/C24H22Cl2N4O/c1-14-22(24(31)29(2)20-13-17(20)15-6-4-3-5-7-15)23(30-21(28-14)10-11-27-30)16-8-9-18(25)19(26)12-16/h3-12,17,20,23,28H,13H2,1-2H3. The first-order chi connectivity index (χ1) is 15.0. The highest BCUT2D eigenvalue weighted by Gasteiger charge is 2.45. The molecule has 2 aromatic carbocycles. The number of nitrogens with one attached hydrogen (secondary N) is 1. The number of anilines is 1. The highest BCUT2D eigenvalue weighted by molar-refractivity contribution is 6.42. The fourth-order valence-electron chi connectivity index (χ4n) is 4.48. The topological polar surface area (TPSA) is 50.2 Å². The van der Waals surface area contributed by atoms with E-state index in [-0.39, 0.29) is 18.0 Å². The van der Waals surface area contributed by atoms with Gasteiger partial charge in [-0.2, -0.15) is 5.10 Å². The third kappa shape index (κ3) is 3.52. The van der Waals surface area contributed by atoms with Crippen molar-refractivity contribution >= 4 is 34.9 Å². The van der Waals surface area contributed by atoms with E-state index >= 15 is 0 Å². The number of carbonyl (C=O) groups excluding carboxylic acids is 1. The molecule has 0 spiro atoms. The van der Waals surface area contributed by atoms with Crippen LogP contribution in [0.3, 0.4) is 0 Å². The van der Waals surface area contributed by atoms with Crippen LogP contribution in [0.25, 0.3) is 0 Å². The van der Waals surface area contributed by atoms with Gasteiger partial charge < -0.3 is 10.2 Å². The van der Waals surface area contributed by atoms with Gasteiger partial charge in [-0.05, 0) is 36.6 Å². The molecule has 1 N–H and O–H groups in total. The summed E-state index contributed by atoms with van der Waals surface area (Å²) in [6.45, 7) is 1.93. The second-order valence-corrected chi connectivity index (χ2v) is 8.95. The molecular weight excluding hydrogens is 431 g/mol. The molecule has 5 nitrogen and oxygen atoms in total. The zero-order valence-electron chi connectivity index (χ0n) is 17.2. The Morgan fingerprint density at radius 2 is 1.87 bits per heavy atom. The van der Waals surface area contributed by atoms with Crippen molar-refractivity contribution in [1.29, 1.82) is 0 Å². The fraction of sp³-hybridized carbons (Fsp3) is 0.250. The molecule has 1 aliphatic heterocycles. The minimum Gasteiger partial charge on any atom is -0.344 e. The summed E-state index contributed by atoms with van der Waals surface area (Å²) in [5.41, 5.74) is 3.62. The Labute approximate surface area is 191 Å². The molecule has 0 bridgehead atoms. The molecule has 3 atom stereocenters. The number of allylic oxidation sites excluding steroid dienone is 1. The molecule has 2 aliphatic rings. The monoisotopic (exact) mass is 452 g/mol. The Hall–Kier alpha value is -2.76. The average molecular weight is 453 g/mol. The van der Waals surface area contributed by atoms with Gasteiger partial charge in [-0.15, -0.1) is 0 Å². The van der Waals surface area contributed by atoms with Gasteiger partial charge in [-0.3, -0.25) is 4.79 Å². The summed E-state index contributed by atoms with van der Waals surface area (Å²) >= 11 is 12.5. The Morgan fingerprint density at radius 1 is 1.10 bits per heavy atom. The lowest BCUT2D eigenvalue weighted by Gasteiger charge is -2.32. The van der Waals surface area contributed by atoms with Crippen LogP contribution in [0.2, 0.25) is 10.0 Å². The lowest BCUT2D eigenvalue weighted by Crippen LogP contribution is -2.37. The molecule has 0 saturated heterocycles. The van der Waals surface area contributed by atoms with Crippen LogP contribution < -0.4 is 5.32 Å². The van der Waals surface area contributed by atoms with Crippen LogP contribution in [0, 0.1) is 0 Å². The maximum atomic E-state index is 13.8. The Kier molecular flexibility index (Phi) is 5.03. The lowest BCUT2D eigenvalue weighted by atomic mass is 9.94. The van der Waals surface area contributed by atoms with Crippen LogP contribution >= 0.6 is 23.2 Å². The third-order valence-electron chi connectivity index (χ3n) is 6.20. The van der Waals surface area contributed by atoms with Crippen molar-refractivity contribution in [3.63, 3.8) is 0 Å². The maximum absolute atomic E-state index is 13.8. The van der Waals surface area contributed by atoms with Crippen LogP contribution in [-0.2, 0) is 4.79 Å². The predicted octanol–water partition coefficient (Wildman–Crippen LogP) is 5.49. The minimum atomic E-state index is -0.384. The molecule has 1 saturated carbocycles. The second kappa shape index (κ2) is 7.74. The van der Waals surface area contributed by atoms with Gasteiger partial charge in [0.1, 0.15) is 11.9 Å². The van der Waals surface area contributed by atoms with Gasteiger partial charge in [0.25, 0.3) is 5.91 Å². The summed E-state index contributed by atoms with van der Waals surface area (Å²) in [6.07, 6.45) is 2.69. The zero-order valence-corrected chi connectivity index (χ0v) is 18.7. The first kappa shape index (κ1) is 20.2. The van der Waals surface area contributed by atoms with Crippen LogP contribution in [0.1, 0.15) is 36.4 Å². The highest BCUT2D eigenvalue weighted by Crippen LogP contribution is 2.46. The maximum Gasteiger partial charge on any atom is 0.254 e. The largest absolute Gasteiger partial charge is 0.344 e. The Morgan fingerprint density at radius 3 is 2.61 bits per heavy atom. The normalized spacial score (nSPS) is 22.0. The molecule has 3 aromatic rings. The first-order valence-corrected chi connectivity index (χ1v) is 11.0. The van der Waals surface area contributed by atoms with Crippen LogP contribution in [-0.4, -0.2) is 33.7 Å². The number of nitrogens with zero attached hydrogens (tertiary/aromatic N) is 3. The molecule has 2 heterocycles. The second-order valence-electron chi connectivity index (χ2n) is 8.14. The predicted molar refractivity (Wildman–Crippen MR) is 124 cm³/mol. The lowest BCUT2D eigenvalue weighted by molar-refractivity contribution is -0.127. The van der Waals surface area contributed by atoms with Crippen molar-refractivity contribution in [2.24, 2.45) is 0 Å². The van der Waals surface area contributed by atoms with E-state index in [0.717, 1.165) is 23.5 Å². The number of hydrogen-bond acceptors (Lipinski definition) is 3. The molecule has 1 aromatic heterocycles. The third-order valence-corrected chi connectivity index (χ3v) is 6.94. The average Bonchev–Trinajstić information content (AvgIpc) is 3.44. The number of halogens is 2. The molecule has 1 amide bonds. The van der Waals surface area contributed by atoms with Gasteiger partial charge in [0.2, 0.25) is 0 Å². The van der Waals surface area contributed by atoms with Crippen LogP contribution in [0.5, 0.6) is 0 Å². The summed E-state index contributed by atoms with van der Waals surface area (Å²) in [6, 6.07) is 17.5. The van der Waals surface area contributed by atoms with E-state index in [2.05, 4.69) is 22.5 Å². The van der Waals surface area contributed by atoms with Gasteiger partial charge in [-0.1, -0.05) is 59.6 Å². The van der Waals surface area contributed by atoms with Gasteiger partial charge in [0.15, 0.2) is 0 Å². The van der Waals surface area contributed by atoms with Crippen molar-refractivity contribution in [1.82, 2.24) is 14.7 Å². The molecule has 158 valence electrons. The van der Waals surface area contributed by atoms with Crippen molar-refractivity contribution < 1.29 is 4.79 Å². The summed E-state index contributed by atoms with van der Waals surface area (Å²) in [7, 11) is 1.89. The Bertz CT molecular complexity index is 1190. The Balaban J connectivity index is 1.50. The molecular formula is C24H22Cl2N4O. The van der Waals surface area contributed by atoms with Crippen molar-refractivity contribution in [2.45, 2.75) is 31.3 Å². The molecule has 0 radical (unpaired) electrons. The minimum absolute atomic E-state index is 0.00865. The molecule has 31 heavy (non-hydrogen) atoms. The molecule has 5 rings (SSSR count). The fourth-order valence-corrected chi connectivity index (χ4v) is 4.79. The van der Waals surface area contributed by atoms with Crippen molar-refractivity contribution in [3.8, 4) is 0 Å². The van der Waals surface area contributed by atoms with Crippen LogP contribution in [0.15, 0.2) is 72.1 Å². The number of rotatable bonds is 4. The van der Waals surface area contributed by atoms with E-state index < -0.39 is 0 Å². The zero-order chi connectivity index (χ0) is 21.7. The highest BCUT2D eigenvalue weighted by atomic mass is 35.5. The molecule has 1 fully saturated rings. The van der Waals surface area contributed by atoms with E-state index in [9.17, 15) is 4.79 Å². The summed E-state index contributed by atoms with van der Waals surface area (Å²) < 4.78 is 1.83.